The number of benzene rings is 1. The quantitative estimate of drug-likeness (QED) is 0.921. The lowest BCUT2D eigenvalue weighted by Gasteiger charge is -2.18. The number of nitrogens with one attached hydrogen (secondary N) is 1. The molecule has 0 aliphatic heterocycles. The van der Waals surface area contributed by atoms with E-state index in [4.69, 9.17) is 0 Å². The van der Waals surface area contributed by atoms with Gasteiger partial charge in [-0.05, 0) is 74.6 Å². The monoisotopic (exact) mass is 279 g/mol. The summed E-state index contributed by atoms with van der Waals surface area (Å²) in [6.07, 6.45) is 6.78. The van der Waals surface area contributed by atoms with Gasteiger partial charge in [-0.25, -0.2) is 13.1 Å². The second-order valence-corrected chi connectivity index (χ2v) is 7.60. The SMILES string of the molecule is C[C@@H](NS(=O)(=O)c1ccc2c(c1)CCCC2)C1CC1. The minimum atomic E-state index is -3.35. The average Bonchev–Trinajstić information content (AvgIpc) is 3.22. The summed E-state index contributed by atoms with van der Waals surface area (Å²) in [6.45, 7) is 1.97. The molecular formula is C15H21NO2S. The van der Waals surface area contributed by atoms with Gasteiger partial charge in [0.15, 0.2) is 0 Å². The van der Waals surface area contributed by atoms with Gasteiger partial charge in [0.05, 0.1) is 4.90 Å². The Morgan fingerprint density at radius 3 is 2.53 bits per heavy atom. The van der Waals surface area contributed by atoms with E-state index in [-0.39, 0.29) is 6.04 Å². The van der Waals surface area contributed by atoms with Crippen LogP contribution in [0.25, 0.3) is 0 Å². The summed E-state index contributed by atoms with van der Waals surface area (Å²) in [6, 6.07) is 5.67. The zero-order chi connectivity index (χ0) is 13.5. The highest BCUT2D eigenvalue weighted by Crippen LogP contribution is 2.33. The van der Waals surface area contributed by atoms with Crippen molar-refractivity contribution in [3.05, 3.63) is 29.3 Å². The largest absolute Gasteiger partial charge is 0.240 e. The van der Waals surface area contributed by atoms with Crippen LogP contribution in [0.3, 0.4) is 0 Å². The highest BCUT2D eigenvalue weighted by atomic mass is 32.2. The Morgan fingerprint density at radius 1 is 1.16 bits per heavy atom. The summed E-state index contributed by atoms with van der Waals surface area (Å²) < 4.78 is 27.5. The Hall–Kier alpha value is -0.870. The molecular weight excluding hydrogens is 258 g/mol. The Morgan fingerprint density at radius 2 is 1.84 bits per heavy atom. The van der Waals surface area contributed by atoms with E-state index in [1.54, 1.807) is 6.07 Å². The van der Waals surface area contributed by atoms with Gasteiger partial charge in [-0.1, -0.05) is 6.07 Å². The van der Waals surface area contributed by atoms with Gasteiger partial charge in [-0.2, -0.15) is 0 Å². The maximum Gasteiger partial charge on any atom is 0.240 e. The van der Waals surface area contributed by atoms with Crippen LogP contribution in [0.15, 0.2) is 23.1 Å². The van der Waals surface area contributed by atoms with E-state index in [0.29, 0.717) is 10.8 Å². The van der Waals surface area contributed by atoms with Crippen LogP contribution >= 0.6 is 0 Å². The van der Waals surface area contributed by atoms with Crippen LogP contribution in [0.4, 0.5) is 0 Å². The molecule has 1 aromatic carbocycles. The first-order valence-electron chi connectivity index (χ1n) is 7.20. The van der Waals surface area contributed by atoms with E-state index in [1.807, 2.05) is 19.1 Å². The van der Waals surface area contributed by atoms with Gasteiger partial charge in [-0.3, -0.25) is 0 Å². The molecule has 1 saturated carbocycles. The van der Waals surface area contributed by atoms with Gasteiger partial charge in [0.2, 0.25) is 10.0 Å². The van der Waals surface area contributed by atoms with E-state index in [9.17, 15) is 8.42 Å². The lowest BCUT2D eigenvalue weighted by Crippen LogP contribution is -2.34. The molecule has 0 saturated heterocycles. The predicted molar refractivity (Wildman–Crippen MR) is 75.6 cm³/mol. The highest BCUT2D eigenvalue weighted by Gasteiger charge is 2.31. The van der Waals surface area contributed by atoms with Gasteiger partial charge < -0.3 is 0 Å². The molecule has 19 heavy (non-hydrogen) atoms. The van der Waals surface area contributed by atoms with Crippen LogP contribution in [-0.4, -0.2) is 14.5 Å². The first-order chi connectivity index (χ1) is 9.06. The minimum absolute atomic E-state index is 0.0565. The zero-order valence-electron chi connectivity index (χ0n) is 11.4. The summed E-state index contributed by atoms with van der Waals surface area (Å²) >= 11 is 0. The average molecular weight is 279 g/mol. The van der Waals surface area contributed by atoms with E-state index in [1.165, 1.54) is 24.0 Å². The minimum Gasteiger partial charge on any atom is -0.208 e. The molecule has 0 bridgehead atoms. The summed E-state index contributed by atoms with van der Waals surface area (Å²) in [4.78, 5) is 0.431. The fraction of sp³-hybridized carbons (Fsp3) is 0.600. The van der Waals surface area contributed by atoms with Crippen molar-refractivity contribution in [1.82, 2.24) is 4.72 Å². The fourth-order valence-electron chi connectivity index (χ4n) is 2.88. The molecule has 3 rings (SSSR count). The molecule has 0 amide bonds. The summed E-state index contributed by atoms with van der Waals surface area (Å²) in [5.41, 5.74) is 2.54. The third-order valence-corrected chi connectivity index (χ3v) is 5.86. The number of fused-ring (bicyclic) bond motifs is 1. The molecule has 2 aliphatic rings. The number of sulfonamides is 1. The second kappa shape index (κ2) is 4.91. The van der Waals surface area contributed by atoms with Crippen LogP contribution in [-0.2, 0) is 22.9 Å². The van der Waals surface area contributed by atoms with Crippen molar-refractivity contribution in [3.63, 3.8) is 0 Å². The number of aryl methyl sites for hydroxylation is 2. The Kier molecular flexibility index (Phi) is 3.39. The molecule has 1 atom stereocenters. The van der Waals surface area contributed by atoms with E-state index >= 15 is 0 Å². The van der Waals surface area contributed by atoms with Gasteiger partial charge in [0.1, 0.15) is 0 Å². The molecule has 0 heterocycles. The van der Waals surface area contributed by atoms with Crippen LogP contribution in [0.2, 0.25) is 0 Å². The Balaban J connectivity index is 1.83. The van der Waals surface area contributed by atoms with Crippen LogP contribution in [0.1, 0.15) is 43.7 Å². The lowest BCUT2D eigenvalue weighted by molar-refractivity contribution is 0.538. The van der Waals surface area contributed by atoms with Gasteiger partial charge in [-0.15, -0.1) is 0 Å². The van der Waals surface area contributed by atoms with Crippen molar-refractivity contribution in [1.29, 1.82) is 0 Å². The Bertz CT molecular complexity index is 576. The predicted octanol–water partition coefficient (Wildman–Crippen LogP) is 2.64. The molecule has 0 spiro atoms. The summed E-state index contributed by atoms with van der Waals surface area (Å²) in [5, 5.41) is 0. The molecule has 0 aromatic heterocycles. The van der Waals surface area contributed by atoms with Crippen molar-refractivity contribution in [2.24, 2.45) is 5.92 Å². The first-order valence-corrected chi connectivity index (χ1v) is 8.69. The third-order valence-electron chi connectivity index (χ3n) is 4.30. The molecule has 0 radical (unpaired) electrons. The maximum atomic E-state index is 12.3. The van der Waals surface area contributed by atoms with Crippen molar-refractivity contribution in [2.75, 3.05) is 0 Å². The smallest absolute Gasteiger partial charge is 0.208 e. The maximum absolute atomic E-state index is 12.3. The number of rotatable bonds is 4. The fourth-order valence-corrected chi connectivity index (χ4v) is 4.24. The zero-order valence-corrected chi connectivity index (χ0v) is 12.2. The lowest BCUT2D eigenvalue weighted by atomic mass is 9.92. The van der Waals surface area contributed by atoms with E-state index in [2.05, 4.69) is 4.72 Å². The first kappa shape index (κ1) is 13.1. The molecule has 1 fully saturated rings. The topological polar surface area (TPSA) is 46.2 Å². The molecule has 2 aliphatic carbocycles. The second-order valence-electron chi connectivity index (χ2n) is 5.89. The molecule has 1 N–H and O–H groups in total. The van der Waals surface area contributed by atoms with Crippen LogP contribution in [0.5, 0.6) is 0 Å². The molecule has 1 aromatic rings. The van der Waals surface area contributed by atoms with Gasteiger partial charge >= 0.3 is 0 Å². The number of hydrogen-bond donors (Lipinski definition) is 1. The molecule has 3 nitrogen and oxygen atoms in total. The normalized spacial score (nSPS) is 20.9. The van der Waals surface area contributed by atoms with Crippen molar-refractivity contribution >= 4 is 10.0 Å². The summed E-state index contributed by atoms with van der Waals surface area (Å²) in [7, 11) is -3.35. The van der Waals surface area contributed by atoms with Gasteiger partial charge in [0.25, 0.3) is 0 Å². The number of hydrogen-bond acceptors (Lipinski definition) is 2. The van der Waals surface area contributed by atoms with Crippen LogP contribution in [0, 0.1) is 5.92 Å². The Labute approximate surface area is 115 Å². The standard InChI is InChI=1S/C15H21NO2S/c1-11(12-6-7-12)16-19(17,18)15-9-8-13-4-2-3-5-14(13)10-15/h8-12,16H,2-7H2,1H3/t11-/m1/s1. The third kappa shape index (κ3) is 2.84. The molecule has 0 unspecified atom stereocenters. The molecule has 104 valence electrons. The van der Waals surface area contributed by atoms with Crippen LogP contribution < -0.4 is 4.72 Å². The van der Waals surface area contributed by atoms with E-state index in [0.717, 1.165) is 25.7 Å². The molecule has 4 heteroatoms. The van der Waals surface area contributed by atoms with Crippen molar-refractivity contribution < 1.29 is 8.42 Å². The van der Waals surface area contributed by atoms with Crippen molar-refractivity contribution in [2.45, 2.75) is 56.4 Å². The van der Waals surface area contributed by atoms with E-state index < -0.39 is 10.0 Å². The highest BCUT2D eigenvalue weighted by molar-refractivity contribution is 7.89. The van der Waals surface area contributed by atoms with Crippen molar-refractivity contribution in [3.8, 4) is 0 Å². The summed E-state index contributed by atoms with van der Waals surface area (Å²) in [5.74, 6) is 0.535. The van der Waals surface area contributed by atoms with Gasteiger partial charge in [0, 0.05) is 6.04 Å².